The van der Waals surface area contributed by atoms with Gasteiger partial charge in [0.05, 0.1) is 12.1 Å². The molecule has 18 heavy (non-hydrogen) atoms. The summed E-state index contributed by atoms with van der Waals surface area (Å²) in [5.41, 5.74) is 0.842. The van der Waals surface area contributed by atoms with Crippen LogP contribution in [0.2, 0.25) is 0 Å². The smallest absolute Gasteiger partial charge is 0.138 e. The minimum absolute atomic E-state index is 0.333. The third kappa shape index (κ3) is 4.21. The van der Waals surface area contributed by atoms with Crippen LogP contribution in [0.25, 0.3) is 0 Å². The standard InChI is InChI=1S/C14H17ClN2O/c15-5-3-4-13-10-14(12-16-11-13)18-9-8-17-6-1-2-7-17/h10-12H,1-2,5-9H2. The van der Waals surface area contributed by atoms with Crippen LogP contribution in [0.1, 0.15) is 18.4 Å². The molecular weight excluding hydrogens is 248 g/mol. The molecule has 0 bridgehead atoms. The maximum absolute atomic E-state index is 5.68. The zero-order chi connectivity index (χ0) is 12.6. The molecule has 0 amide bonds. The third-order valence-electron chi connectivity index (χ3n) is 2.89. The molecule has 2 heterocycles. The quantitative estimate of drug-likeness (QED) is 0.616. The van der Waals surface area contributed by atoms with Gasteiger partial charge in [0.25, 0.3) is 0 Å². The highest BCUT2D eigenvalue weighted by atomic mass is 35.5. The summed E-state index contributed by atoms with van der Waals surface area (Å²) < 4.78 is 5.68. The van der Waals surface area contributed by atoms with E-state index in [4.69, 9.17) is 16.3 Å². The van der Waals surface area contributed by atoms with Gasteiger partial charge in [0.2, 0.25) is 0 Å². The van der Waals surface area contributed by atoms with E-state index >= 15 is 0 Å². The molecule has 0 saturated carbocycles. The molecule has 0 atom stereocenters. The Balaban J connectivity index is 1.81. The Morgan fingerprint density at radius 1 is 1.33 bits per heavy atom. The van der Waals surface area contributed by atoms with Crippen molar-refractivity contribution >= 4 is 11.6 Å². The molecule has 1 aliphatic rings. The molecule has 1 aromatic rings. The van der Waals surface area contributed by atoms with Crippen molar-refractivity contribution in [1.82, 2.24) is 9.88 Å². The van der Waals surface area contributed by atoms with Gasteiger partial charge in [-0.2, -0.15) is 0 Å². The highest BCUT2D eigenvalue weighted by molar-refractivity contribution is 6.19. The van der Waals surface area contributed by atoms with Crippen molar-refractivity contribution in [2.24, 2.45) is 0 Å². The molecule has 3 nitrogen and oxygen atoms in total. The van der Waals surface area contributed by atoms with E-state index in [1.54, 1.807) is 12.4 Å². The summed E-state index contributed by atoms with van der Waals surface area (Å²) in [6.07, 6.45) is 6.05. The molecule has 0 spiro atoms. The Kier molecular flexibility index (Phi) is 5.32. The first kappa shape index (κ1) is 13.2. The Hall–Kier alpha value is -1.24. The van der Waals surface area contributed by atoms with Gasteiger partial charge in [-0.3, -0.25) is 9.88 Å². The summed E-state index contributed by atoms with van der Waals surface area (Å²) >= 11 is 5.52. The fraction of sp³-hybridized carbons (Fsp3) is 0.500. The van der Waals surface area contributed by atoms with Crippen molar-refractivity contribution in [3.8, 4) is 17.6 Å². The highest BCUT2D eigenvalue weighted by Crippen LogP contribution is 2.11. The predicted molar refractivity (Wildman–Crippen MR) is 73.0 cm³/mol. The van der Waals surface area contributed by atoms with Crippen LogP contribution in [-0.4, -0.2) is 42.0 Å². The number of hydrogen-bond acceptors (Lipinski definition) is 3. The van der Waals surface area contributed by atoms with Crippen molar-refractivity contribution in [3.05, 3.63) is 24.0 Å². The molecule has 0 unspecified atom stereocenters. The molecule has 0 aromatic carbocycles. The zero-order valence-electron chi connectivity index (χ0n) is 10.4. The first-order valence-electron chi connectivity index (χ1n) is 6.23. The summed E-state index contributed by atoms with van der Waals surface area (Å²) in [4.78, 5) is 6.52. The molecule has 4 heteroatoms. The molecule has 1 fully saturated rings. The number of nitrogens with zero attached hydrogens (tertiary/aromatic N) is 2. The van der Waals surface area contributed by atoms with Gasteiger partial charge in [-0.1, -0.05) is 11.8 Å². The predicted octanol–water partition coefficient (Wildman–Crippen LogP) is 2.15. The Morgan fingerprint density at radius 2 is 2.17 bits per heavy atom. The van der Waals surface area contributed by atoms with Gasteiger partial charge < -0.3 is 4.74 Å². The number of alkyl halides is 1. The second-order valence-corrected chi connectivity index (χ2v) is 4.51. The lowest BCUT2D eigenvalue weighted by molar-refractivity contribution is 0.237. The van der Waals surface area contributed by atoms with Crippen LogP contribution < -0.4 is 4.74 Å². The normalized spacial score (nSPS) is 15.2. The zero-order valence-corrected chi connectivity index (χ0v) is 11.1. The first-order chi connectivity index (χ1) is 8.88. The van der Waals surface area contributed by atoms with Crippen LogP contribution >= 0.6 is 11.6 Å². The Labute approximate surface area is 113 Å². The fourth-order valence-electron chi connectivity index (χ4n) is 2.00. The number of hydrogen-bond donors (Lipinski definition) is 0. The molecule has 96 valence electrons. The summed E-state index contributed by atoms with van der Waals surface area (Å²) in [5.74, 6) is 6.84. The van der Waals surface area contributed by atoms with Crippen molar-refractivity contribution in [1.29, 1.82) is 0 Å². The van der Waals surface area contributed by atoms with E-state index < -0.39 is 0 Å². The van der Waals surface area contributed by atoms with Gasteiger partial charge in [0.15, 0.2) is 0 Å². The monoisotopic (exact) mass is 264 g/mol. The average molecular weight is 265 g/mol. The number of rotatable bonds is 4. The van der Waals surface area contributed by atoms with E-state index in [2.05, 4.69) is 21.7 Å². The lowest BCUT2D eigenvalue weighted by Crippen LogP contribution is -2.25. The molecule has 0 radical (unpaired) electrons. The van der Waals surface area contributed by atoms with E-state index in [1.165, 1.54) is 25.9 Å². The van der Waals surface area contributed by atoms with Crippen molar-refractivity contribution < 1.29 is 4.74 Å². The van der Waals surface area contributed by atoms with E-state index in [0.717, 1.165) is 17.9 Å². The number of likely N-dealkylation sites (tertiary alicyclic amines) is 1. The second kappa shape index (κ2) is 7.25. The SMILES string of the molecule is ClCC#Cc1cncc(OCCN2CCCC2)c1. The summed E-state index contributed by atoms with van der Waals surface area (Å²) in [5, 5.41) is 0. The van der Waals surface area contributed by atoms with Crippen LogP contribution in [0.5, 0.6) is 5.75 Å². The van der Waals surface area contributed by atoms with Crippen molar-refractivity contribution in [2.45, 2.75) is 12.8 Å². The van der Waals surface area contributed by atoms with E-state index in [1.807, 2.05) is 6.07 Å². The first-order valence-corrected chi connectivity index (χ1v) is 6.77. The lowest BCUT2D eigenvalue weighted by Gasteiger charge is -2.14. The Morgan fingerprint density at radius 3 is 2.94 bits per heavy atom. The minimum Gasteiger partial charge on any atom is -0.491 e. The molecule has 1 aliphatic heterocycles. The van der Waals surface area contributed by atoms with Crippen LogP contribution in [0.3, 0.4) is 0 Å². The number of ether oxygens (including phenoxy) is 1. The van der Waals surface area contributed by atoms with Gasteiger partial charge in [-0.25, -0.2) is 0 Å². The summed E-state index contributed by atoms with van der Waals surface area (Å²) in [6.45, 7) is 4.08. The molecule has 1 aromatic heterocycles. The Bertz CT molecular complexity index is 433. The van der Waals surface area contributed by atoms with Gasteiger partial charge in [0.1, 0.15) is 12.4 Å². The maximum Gasteiger partial charge on any atom is 0.138 e. The third-order valence-corrected chi connectivity index (χ3v) is 3.02. The molecule has 0 N–H and O–H groups in total. The summed E-state index contributed by atoms with van der Waals surface area (Å²) in [7, 11) is 0. The maximum atomic E-state index is 5.68. The molecular formula is C14H17ClN2O. The second-order valence-electron chi connectivity index (χ2n) is 4.24. The van der Waals surface area contributed by atoms with Gasteiger partial charge >= 0.3 is 0 Å². The van der Waals surface area contributed by atoms with Crippen LogP contribution in [-0.2, 0) is 0 Å². The molecule has 2 rings (SSSR count). The summed E-state index contributed by atoms with van der Waals surface area (Å²) in [6, 6.07) is 1.90. The minimum atomic E-state index is 0.333. The van der Waals surface area contributed by atoms with Crippen molar-refractivity contribution in [2.75, 3.05) is 32.1 Å². The molecule has 1 saturated heterocycles. The number of pyridine rings is 1. The largest absolute Gasteiger partial charge is 0.491 e. The molecule has 0 aliphatic carbocycles. The van der Waals surface area contributed by atoms with Gasteiger partial charge in [-0.15, -0.1) is 11.6 Å². The van der Waals surface area contributed by atoms with Crippen LogP contribution in [0.4, 0.5) is 0 Å². The van der Waals surface area contributed by atoms with E-state index in [0.29, 0.717) is 12.5 Å². The average Bonchev–Trinajstić information content (AvgIpc) is 2.90. The van der Waals surface area contributed by atoms with Crippen molar-refractivity contribution in [3.63, 3.8) is 0 Å². The lowest BCUT2D eigenvalue weighted by atomic mass is 10.3. The van der Waals surface area contributed by atoms with E-state index in [9.17, 15) is 0 Å². The van der Waals surface area contributed by atoms with Crippen LogP contribution in [0.15, 0.2) is 18.5 Å². The topological polar surface area (TPSA) is 25.4 Å². The van der Waals surface area contributed by atoms with Gasteiger partial charge in [0, 0.05) is 18.3 Å². The fourth-order valence-corrected chi connectivity index (χ4v) is 2.07. The van der Waals surface area contributed by atoms with E-state index in [-0.39, 0.29) is 0 Å². The van der Waals surface area contributed by atoms with Gasteiger partial charge in [-0.05, 0) is 32.0 Å². The number of aromatic nitrogens is 1. The van der Waals surface area contributed by atoms with Crippen LogP contribution in [0, 0.1) is 11.8 Å². The number of halogens is 1. The highest BCUT2D eigenvalue weighted by Gasteiger charge is 2.10.